The average molecular weight is 330 g/mol. The van der Waals surface area contributed by atoms with Crippen LogP contribution in [-0.2, 0) is 9.53 Å². The van der Waals surface area contributed by atoms with Crippen LogP contribution < -0.4 is 15.4 Å². The molecule has 0 radical (unpaired) electrons. The maximum absolute atomic E-state index is 12.4. The van der Waals surface area contributed by atoms with Crippen LogP contribution in [0.15, 0.2) is 47.7 Å². The van der Waals surface area contributed by atoms with Crippen molar-refractivity contribution in [3.8, 4) is 5.75 Å². The normalized spacial score (nSPS) is 17.5. The summed E-state index contributed by atoms with van der Waals surface area (Å²) in [4.78, 5) is 24.3. The molecule has 2 N–H and O–H groups in total. The molecule has 0 spiro atoms. The molecule has 0 aromatic heterocycles. The van der Waals surface area contributed by atoms with E-state index in [1.165, 1.54) is 0 Å². The van der Waals surface area contributed by atoms with Gasteiger partial charge in [-0.3, -0.25) is 0 Å². The molecule has 2 amide bonds. The Balaban J connectivity index is 2.34. The summed E-state index contributed by atoms with van der Waals surface area (Å²) < 4.78 is 10.7. The summed E-state index contributed by atoms with van der Waals surface area (Å²) in [6.45, 7) is 6.15. The molecule has 0 fully saturated rings. The van der Waals surface area contributed by atoms with Gasteiger partial charge in [-0.25, -0.2) is 9.59 Å². The average Bonchev–Trinajstić information content (AvgIpc) is 2.55. The molecule has 6 nitrogen and oxygen atoms in total. The van der Waals surface area contributed by atoms with E-state index < -0.39 is 12.0 Å². The van der Waals surface area contributed by atoms with Gasteiger partial charge in [-0.15, -0.1) is 0 Å². The van der Waals surface area contributed by atoms with Gasteiger partial charge >= 0.3 is 12.0 Å². The monoisotopic (exact) mass is 330 g/mol. The van der Waals surface area contributed by atoms with Crippen molar-refractivity contribution in [3.05, 3.63) is 53.3 Å². The van der Waals surface area contributed by atoms with Crippen LogP contribution in [0.5, 0.6) is 5.75 Å². The number of carbonyl (C=O) groups excluding carboxylic acids is 2. The Hall–Kier alpha value is -2.76. The number of urea groups is 1. The minimum atomic E-state index is -0.586. The molecule has 2 rings (SSSR count). The fourth-order valence-electron chi connectivity index (χ4n) is 2.46. The summed E-state index contributed by atoms with van der Waals surface area (Å²) in [7, 11) is 0. The Kier molecular flexibility index (Phi) is 6.01. The van der Waals surface area contributed by atoms with Crippen molar-refractivity contribution >= 4 is 12.0 Å². The third-order valence-electron chi connectivity index (χ3n) is 3.54. The molecule has 0 saturated carbocycles. The van der Waals surface area contributed by atoms with Crippen LogP contribution in [0.4, 0.5) is 4.79 Å². The van der Waals surface area contributed by atoms with Gasteiger partial charge in [0.25, 0.3) is 0 Å². The zero-order chi connectivity index (χ0) is 17.5. The van der Waals surface area contributed by atoms with Gasteiger partial charge in [-0.05, 0) is 38.5 Å². The molecule has 1 atom stereocenters. The number of ether oxygens (including phenoxy) is 2. The van der Waals surface area contributed by atoms with Crippen LogP contribution in [0.25, 0.3) is 0 Å². The first-order chi connectivity index (χ1) is 11.6. The lowest BCUT2D eigenvalue weighted by Crippen LogP contribution is -2.45. The largest absolute Gasteiger partial charge is 0.494 e. The van der Waals surface area contributed by atoms with Crippen molar-refractivity contribution in [2.75, 3.05) is 13.2 Å². The van der Waals surface area contributed by atoms with E-state index >= 15 is 0 Å². The SMILES string of the molecule is C/C=C/COC(=O)C1=C(C)NC(=O)N[C@H]1c1cccc(OCC)c1. The molecule has 0 unspecified atom stereocenters. The van der Waals surface area contributed by atoms with Crippen LogP contribution in [0.2, 0.25) is 0 Å². The quantitative estimate of drug-likeness (QED) is 0.621. The summed E-state index contributed by atoms with van der Waals surface area (Å²) in [6.07, 6.45) is 3.55. The van der Waals surface area contributed by atoms with Crippen molar-refractivity contribution in [2.45, 2.75) is 26.8 Å². The third kappa shape index (κ3) is 4.16. The molecule has 1 aliphatic heterocycles. The molecule has 0 saturated heterocycles. The molecule has 128 valence electrons. The van der Waals surface area contributed by atoms with Crippen molar-refractivity contribution in [1.29, 1.82) is 0 Å². The highest BCUT2D eigenvalue weighted by atomic mass is 16.5. The lowest BCUT2D eigenvalue weighted by molar-refractivity contribution is -0.138. The molecule has 0 bridgehead atoms. The predicted molar refractivity (Wildman–Crippen MR) is 90.5 cm³/mol. The Morgan fingerprint density at radius 3 is 2.88 bits per heavy atom. The predicted octanol–water partition coefficient (Wildman–Crippen LogP) is 2.83. The summed E-state index contributed by atoms with van der Waals surface area (Å²) >= 11 is 0. The molecule has 1 heterocycles. The first-order valence-corrected chi connectivity index (χ1v) is 7.86. The first kappa shape index (κ1) is 17.6. The molecule has 1 aromatic rings. The molecule has 6 heteroatoms. The van der Waals surface area contributed by atoms with E-state index in [9.17, 15) is 9.59 Å². The summed E-state index contributed by atoms with van der Waals surface area (Å²) in [5, 5.41) is 5.39. The molecular formula is C18H22N2O4. The smallest absolute Gasteiger partial charge is 0.338 e. The highest BCUT2D eigenvalue weighted by Gasteiger charge is 2.32. The number of carbonyl (C=O) groups is 2. The van der Waals surface area contributed by atoms with E-state index in [4.69, 9.17) is 9.47 Å². The Labute approximate surface area is 141 Å². The van der Waals surface area contributed by atoms with Gasteiger partial charge in [0, 0.05) is 5.70 Å². The third-order valence-corrected chi connectivity index (χ3v) is 3.54. The number of esters is 1. The van der Waals surface area contributed by atoms with Gasteiger partial charge in [0.05, 0.1) is 18.2 Å². The van der Waals surface area contributed by atoms with Crippen LogP contribution in [0.3, 0.4) is 0 Å². The van der Waals surface area contributed by atoms with Crippen LogP contribution in [0.1, 0.15) is 32.4 Å². The maximum atomic E-state index is 12.4. The van der Waals surface area contributed by atoms with Crippen molar-refractivity contribution in [3.63, 3.8) is 0 Å². The highest BCUT2D eigenvalue weighted by Crippen LogP contribution is 2.29. The topological polar surface area (TPSA) is 76.7 Å². The number of hydrogen-bond acceptors (Lipinski definition) is 4. The van der Waals surface area contributed by atoms with Crippen LogP contribution in [-0.4, -0.2) is 25.2 Å². The Bertz CT molecular complexity index is 679. The molecule has 1 aliphatic rings. The fraction of sp³-hybridized carbons (Fsp3) is 0.333. The lowest BCUT2D eigenvalue weighted by Gasteiger charge is -2.28. The maximum Gasteiger partial charge on any atom is 0.338 e. The van der Waals surface area contributed by atoms with Crippen molar-refractivity contribution in [1.82, 2.24) is 10.6 Å². The summed E-state index contributed by atoms with van der Waals surface area (Å²) in [5.41, 5.74) is 1.62. The van der Waals surface area contributed by atoms with E-state index in [1.807, 2.05) is 38.1 Å². The van der Waals surface area contributed by atoms with Gasteiger partial charge in [0.2, 0.25) is 0 Å². The van der Waals surface area contributed by atoms with Gasteiger partial charge in [0.15, 0.2) is 0 Å². The number of benzene rings is 1. The Morgan fingerprint density at radius 2 is 2.17 bits per heavy atom. The van der Waals surface area contributed by atoms with Gasteiger partial charge in [-0.1, -0.05) is 24.3 Å². The zero-order valence-corrected chi connectivity index (χ0v) is 14.1. The van der Waals surface area contributed by atoms with Crippen LogP contribution in [0, 0.1) is 0 Å². The van der Waals surface area contributed by atoms with E-state index in [-0.39, 0.29) is 12.6 Å². The number of amides is 2. The molecule has 0 aliphatic carbocycles. The standard InChI is InChI=1S/C18H22N2O4/c1-4-6-10-24-17(21)15-12(3)19-18(22)20-16(15)13-8-7-9-14(11-13)23-5-2/h4,6-9,11,16H,5,10H2,1-3H3,(H2,19,20,22)/b6-4+/t16-/m0/s1. The fourth-order valence-corrected chi connectivity index (χ4v) is 2.46. The van der Waals surface area contributed by atoms with E-state index in [1.54, 1.807) is 19.1 Å². The Morgan fingerprint density at radius 1 is 1.38 bits per heavy atom. The van der Waals surface area contributed by atoms with Gasteiger partial charge in [0.1, 0.15) is 12.4 Å². The molecule has 24 heavy (non-hydrogen) atoms. The second-order valence-electron chi connectivity index (χ2n) is 5.24. The summed E-state index contributed by atoms with van der Waals surface area (Å²) in [6, 6.07) is 6.36. The lowest BCUT2D eigenvalue weighted by atomic mass is 9.95. The minimum absolute atomic E-state index is 0.186. The second kappa shape index (κ2) is 8.19. The first-order valence-electron chi connectivity index (χ1n) is 7.86. The van der Waals surface area contributed by atoms with Crippen molar-refractivity contribution < 1.29 is 19.1 Å². The zero-order valence-electron chi connectivity index (χ0n) is 14.1. The number of hydrogen-bond donors (Lipinski definition) is 2. The van der Waals surface area contributed by atoms with E-state index in [0.29, 0.717) is 23.6 Å². The minimum Gasteiger partial charge on any atom is -0.494 e. The van der Waals surface area contributed by atoms with E-state index in [2.05, 4.69) is 10.6 Å². The van der Waals surface area contributed by atoms with E-state index in [0.717, 1.165) is 5.56 Å². The number of nitrogens with one attached hydrogen (secondary N) is 2. The van der Waals surface area contributed by atoms with Crippen molar-refractivity contribution in [2.24, 2.45) is 0 Å². The number of allylic oxidation sites excluding steroid dienone is 2. The number of rotatable bonds is 6. The van der Waals surface area contributed by atoms with Gasteiger partial charge in [-0.2, -0.15) is 0 Å². The highest BCUT2D eigenvalue weighted by molar-refractivity contribution is 5.95. The second-order valence-corrected chi connectivity index (χ2v) is 5.24. The molecular weight excluding hydrogens is 308 g/mol. The van der Waals surface area contributed by atoms with Gasteiger partial charge < -0.3 is 20.1 Å². The molecule has 1 aromatic carbocycles. The summed E-state index contributed by atoms with van der Waals surface area (Å²) in [5.74, 6) is 0.215. The van der Waals surface area contributed by atoms with Crippen LogP contribution >= 0.6 is 0 Å².